The number of ether oxygens (including phenoxy) is 2. The van der Waals surface area contributed by atoms with Gasteiger partial charge in [0, 0.05) is 40.1 Å². The predicted octanol–water partition coefficient (Wildman–Crippen LogP) is 4.18. The number of methoxy groups -OCH3 is 1. The Morgan fingerprint density at radius 3 is 2.41 bits per heavy atom. The first kappa shape index (κ1) is 21.1. The number of amides is 1. The molecule has 32 heavy (non-hydrogen) atoms. The van der Waals surface area contributed by atoms with Crippen molar-refractivity contribution in [2.24, 2.45) is 0 Å². The standard InChI is InChI=1S/C25H23N3O4/c1-3-32-22-8-9-23-18(15-22)14-19(24(29)27-23)16-28(20-4-6-21(31-2)7-5-20)25(30)17-10-12-26-13-11-17/h4-15H,3,16H2,1-2H3,(H,27,29). The number of carbonyl (C=O) groups excluding carboxylic acids is 1. The van der Waals surface area contributed by atoms with Crippen molar-refractivity contribution in [3.05, 3.63) is 94.5 Å². The summed E-state index contributed by atoms with van der Waals surface area (Å²) in [6.45, 7) is 2.56. The van der Waals surface area contributed by atoms with E-state index in [0.717, 1.165) is 11.1 Å². The van der Waals surface area contributed by atoms with E-state index in [-0.39, 0.29) is 18.0 Å². The molecule has 7 nitrogen and oxygen atoms in total. The summed E-state index contributed by atoms with van der Waals surface area (Å²) in [5.41, 5.74) is 2.05. The third-order valence-electron chi connectivity index (χ3n) is 5.09. The van der Waals surface area contributed by atoms with Crippen LogP contribution < -0.4 is 19.9 Å². The second-order valence-electron chi connectivity index (χ2n) is 7.13. The number of benzene rings is 2. The first-order valence-electron chi connectivity index (χ1n) is 10.2. The summed E-state index contributed by atoms with van der Waals surface area (Å²) in [6, 6.07) is 17.7. The van der Waals surface area contributed by atoms with Gasteiger partial charge in [0.25, 0.3) is 11.5 Å². The number of hydrogen-bond acceptors (Lipinski definition) is 5. The Morgan fingerprint density at radius 1 is 1.00 bits per heavy atom. The maximum atomic E-state index is 13.4. The molecular weight excluding hydrogens is 406 g/mol. The lowest BCUT2D eigenvalue weighted by molar-refractivity contribution is 0.0985. The van der Waals surface area contributed by atoms with E-state index >= 15 is 0 Å². The van der Waals surface area contributed by atoms with Crippen molar-refractivity contribution in [2.45, 2.75) is 13.5 Å². The minimum atomic E-state index is -0.248. The number of anilines is 1. The lowest BCUT2D eigenvalue weighted by Crippen LogP contribution is -2.32. The number of aromatic nitrogens is 2. The van der Waals surface area contributed by atoms with Gasteiger partial charge in [-0.1, -0.05) is 0 Å². The van der Waals surface area contributed by atoms with Gasteiger partial charge in [0.2, 0.25) is 0 Å². The van der Waals surface area contributed by atoms with Crippen LogP contribution in [-0.4, -0.2) is 29.6 Å². The molecule has 0 aliphatic rings. The monoisotopic (exact) mass is 429 g/mol. The van der Waals surface area contributed by atoms with Crippen molar-refractivity contribution in [1.82, 2.24) is 9.97 Å². The second kappa shape index (κ2) is 9.34. The Labute approximate surface area is 185 Å². The Kier molecular flexibility index (Phi) is 6.17. The Balaban J connectivity index is 1.75. The zero-order chi connectivity index (χ0) is 22.5. The summed E-state index contributed by atoms with van der Waals surface area (Å²) < 4.78 is 10.8. The molecule has 0 aliphatic heterocycles. The molecule has 0 bridgehead atoms. The van der Waals surface area contributed by atoms with Gasteiger partial charge in [-0.3, -0.25) is 14.6 Å². The van der Waals surface area contributed by atoms with Gasteiger partial charge in [-0.15, -0.1) is 0 Å². The molecule has 1 amide bonds. The van der Waals surface area contributed by atoms with Crippen LogP contribution in [0, 0.1) is 0 Å². The van der Waals surface area contributed by atoms with Gasteiger partial charge in [0.1, 0.15) is 11.5 Å². The topological polar surface area (TPSA) is 84.5 Å². The summed E-state index contributed by atoms with van der Waals surface area (Å²) in [6.07, 6.45) is 3.13. The predicted molar refractivity (Wildman–Crippen MR) is 123 cm³/mol. The van der Waals surface area contributed by atoms with E-state index in [1.165, 1.54) is 0 Å². The quantitative estimate of drug-likeness (QED) is 0.476. The first-order chi connectivity index (χ1) is 15.6. The van der Waals surface area contributed by atoms with E-state index in [1.54, 1.807) is 66.9 Å². The molecule has 0 saturated heterocycles. The van der Waals surface area contributed by atoms with Gasteiger partial charge in [0.15, 0.2) is 0 Å². The molecule has 0 atom stereocenters. The zero-order valence-electron chi connectivity index (χ0n) is 17.9. The first-order valence-corrected chi connectivity index (χ1v) is 10.2. The van der Waals surface area contributed by atoms with Crippen molar-refractivity contribution >= 4 is 22.5 Å². The summed E-state index contributed by atoms with van der Waals surface area (Å²) in [4.78, 5) is 34.6. The minimum absolute atomic E-state index is 0.0949. The molecule has 1 N–H and O–H groups in total. The third kappa shape index (κ3) is 4.46. The maximum absolute atomic E-state index is 13.4. The average molecular weight is 429 g/mol. The van der Waals surface area contributed by atoms with Crippen molar-refractivity contribution in [1.29, 1.82) is 0 Å². The second-order valence-corrected chi connectivity index (χ2v) is 7.13. The van der Waals surface area contributed by atoms with Gasteiger partial charge in [-0.05, 0) is 67.6 Å². The molecule has 4 aromatic rings. The van der Waals surface area contributed by atoms with Crippen LogP contribution in [0.3, 0.4) is 0 Å². The van der Waals surface area contributed by atoms with Crippen LogP contribution in [0.5, 0.6) is 11.5 Å². The number of nitrogens with one attached hydrogen (secondary N) is 1. The molecule has 0 radical (unpaired) electrons. The van der Waals surface area contributed by atoms with Crippen LogP contribution in [0.1, 0.15) is 22.8 Å². The fraction of sp³-hybridized carbons (Fsp3) is 0.160. The molecule has 4 rings (SSSR count). The molecule has 0 saturated carbocycles. The molecule has 0 spiro atoms. The number of aromatic amines is 1. The van der Waals surface area contributed by atoms with E-state index in [1.807, 2.05) is 25.1 Å². The van der Waals surface area contributed by atoms with E-state index in [2.05, 4.69) is 9.97 Å². The normalized spacial score (nSPS) is 10.7. The number of pyridine rings is 2. The number of H-pyrrole nitrogens is 1. The SMILES string of the molecule is CCOc1ccc2[nH]c(=O)c(CN(C(=O)c3ccncc3)c3ccc(OC)cc3)cc2c1. The maximum Gasteiger partial charge on any atom is 0.258 e. The molecule has 0 aliphatic carbocycles. The van der Waals surface area contributed by atoms with Gasteiger partial charge < -0.3 is 19.4 Å². The third-order valence-corrected chi connectivity index (χ3v) is 5.09. The largest absolute Gasteiger partial charge is 0.497 e. The van der Waals surface area contributed by atoms with Crippen LogP contribution in [0.15, 0.2) is 77.9 Å². The van der Waals surface area contributed by atoms with E-state index in [0.29, 0.717) is 34.7 Å². The molecule has 2 aromatic heterocycles. The molecule has 2 aromatic carbocycles. The number of fused-ring (bicyclic) bond motifs is 1. The van der Waals surface area contributed by atoms with E-state index in [4.69, 9.17) is 9.47 Å². The summed E-state index contributed by atoms with van der Waals surface area (Å²) in [7, 11) is 1.58. The Morgan fingerprint density at radius 2 is 1.72 bits per heavy atom. The number of hydrogen-bond donors (Lipinski definition) is 1. The summed E-state index contributed by atoms with van der Waals surface area (Å²) >= 11 is 0. The number of nitrogens with zero attached hydrogens (tertiary/aromatic N) is 2. The molecule has 162 valence electrons. The van der Waals surface area contributed by atoms with Crippen LogP contribution in [-0.2, 0) is 6.54 Å². The molecule has 2 heterocycles. The minimum Gasteiger partial charge on any atom is -0.497 e. The van der Waals surface area contributed by atoms with Crippen molar-refractivity contribution in [2.75, 3.05) is 18.6 Å². The highest BCUT2D eigenvalue weighted by Gasteiger charge is 2.20. The summed E-state index contributed by atoms with van der Waals surface area (Å²) in [5.74, 6) is 1.16. The van der Waals surface area contributed by atoms with Gasteiger partial charge in [-0.25, -0.2) is 0 Å². The van der Waals surface area contributed by atoms with Crippen molar-refractivity contribution in [3.8, 4) is 11.5 Å². The van der Waals surface area contributed by atoms with E-state index in [9.17, 15) is 9.59 Å². The molecular formula is C25H23N3O4. The van der Waals surface area contributed by atoms with Crippen molar-refractivity contribution < 1.29 is 14.3 Å². The zero-order valence-corrected chi connectivity index (χ0v) is 17.9. The van der Waals surface area contributed by atoms with E-state index < -0.39 is 0 Å². The average Bonchev–Trinajstić information content (AvgIpc) is 2.83. The highest BCUT2D eigenvalue weighted by Crippen LogP contribution is 2.24. The van der Waals surface area contributed by atoms with Crippen LogP contribution in [0.2, 0.25) is 0 Å². The lowest BCUT2D eigenvalue weighted by atomic mass is 10.1. The van der Waals surface area contributed by atoms with Gasteiger partial charge in [-0.2, -0.15) is 0 Å². The van der Waals surface area contributed by atoms with Crippen LogP contribution in [0.25, 0.3) is 10.9 Å². The van der Waals surface area contributed by atoms with Gasteiger partial charge in [0.05, 0.1) is 20.3 Å². The molecule has 7 heteroatoms. The van der Waals surface area contributed by atoms with Crippen LogP contribution in [0.4, 0.5) is 5.69 Å². The number of rotatable bonds is 7. The molecule has 0 unspecified atom stereocenters. The highest BCUT2D eigenvalue weighted by atomic mass is 16.5. The Bertz CT molecular complexity index is 1280. The number of carbonyl (C=O) groups is 1. The van der Waals surface area contributed by atoms with Gasteiger partial charge >= 0.3 is 0 Å². The smallest absolute Gasteiger partial charge is 0.258 e. The highest BCUT2D eigenvalue weighted by molar-refractivity contribution is 6.06. The summed E-state index contributed by atoms with van der Waals surface area (Å²) in [5, 5.41) is 0.830. The van der Waals surface area contributed by atoms with Crippen LogP contribution >= 0.6 is 0 Å². The Hall–Kier alpha value is -4.13. The lowest BCUT2D eigenvalue weighted by Gasteiger charge is -2.23. The van der Waals surface area contributed by atoms with Crippen molar-refractivity contribution in [3.63, 3.8) is 0 Å². The fourth-order valence-electron chi connectivity index (χ4n) is 3.47. The molecule has 0 fully saturated rings. The fourth-order valence-corrected chi connectivity index (χ4v) is 3.47.